The van der Waals surface area contributed by atoms with Crippen molar-refractivity contribution in [2.75, 3.05) is 42.1 Å². The summed E-state index contributed by atoms with van der Waals surface area (Å²) in [5.41, 5.74) is 3.23. The molecule has 0 bridgehead atoms. The summed E-state index contributed by atoms with van der Waals surface area (Å²) in [6.07, 6.45) is 1.40. The van der Waals surface area contributed by atoms with Crippen LogP contribution in [0.15, 0.2) is 35.4 Å². The van der Waals surface area contributed by atoms with Gasteiger partial charge in [0.15, 0.2) is 23.0 Å². The van der Waals surface area contributed by atoms with E-state index >= 15 is 0 Å². The van der Waals surface area contributed by atoms with Gasteiger partial charge in [0.2, 0.25) is 0 Å². The summed E-state index contributed by atoms with van der Waals surface area (Å²) in [4.78, 5) is 24.3. The predicted octanol–water partition coefficient (Wildman–Crippen LogP) is 1.61. The lowest BCUT2D eigenvalue weighted by Gasteiger charge is -2.11. The van der Waals surface area contributed by atoms with Gasteiger partial charge in [-0.05, 0) is 24.3 Å². The number of nitrogens with zero attached hydrogens (tertiary/aromatic N) is 1. The molecule has 2 rings (SSSR count). The first-order valence-corrected chi connectivity index (χ1v) is 9.09. The smallest absolute Gasteiger partial charge is 0.259 e. The van der Waals surface area contributed by atoms with Crippen LogP contribution in [-0.2, 0) is 4.79 Å². The summed E-state index contributed by atoms with van der Waals surface area (Å²) in [5, 5.41) is 6.40. The molecule has 0 fully saturated rings. The third kappa shape index (κ3) is 6.01. The highest BCUT2D eigenvalue weighted by atomic mass is 16.5. The minimum atomic E-state index is -0.510. The fourth-order valence-electron chi connectivity index (χ4n) is 2.61. The minimum absolute atomic E-state index is 0.270. The van der Waals surface area contributed by atoms with Crippen LogP contribution in [0.3, 0.4) is 0 Å². The molecule has 0 aliphatic carbocycles. The number of carbonyl (C=O) groups is 2. The van der Waals surface area contributed by atoms with Crippen molar-refractivity contribution in [2.24, 2.45) is 5.10 Å². The standard InChI is InChI=1S/C21H25N3O7/c1-27-15-7-6-13(8-17(15)29-3)21(26)22-12-20(25)24-23-11-14-9-18(30-4)19(31-5)10-16(14)28-2/h6-11H,12H2,1-5H3,(H,22,26)(H,24,25)/b23-11-. The highest BCUT2D eigenvalue weighted by molar-refractivity contribution is 5.97. The van der Waals surface area contributed by atoms with Gasteiger partial charge in [0.25, 0.3) is 11.8 Å². The number of nitrogens with one attached hydrogen (secondary N) is 2. The topological polar surface area (TPSA) is 117 Å². The van der Waals surface area contributed by atoms with Crippen LogP contribution in [0.4, 0.5) is 0 Å². The molecule has 0 radical (unpaired) electrons. The van der Waals surface area contributed by atoms with Crippen LogP contribution in [-0.4, -0.2) is 60.1 Å². The van der Waals surface area contributed by atoms with Gasteiger partial charge in [-0.1, -0.05) is 0 Å². The van der Waals surface area contributed by atoms with Crippen molar-refractivity contribution in [1.82, 2.24) is 10.7 Å². The Morgan fingerprint density at radius 1 is 0.806 bits per heavy atom. The van der Waals surface area contributed by atoms with E-state index in [9.17, 15) is 9.59 Å². The Morgan fingerprint density at radius 3 is 2.00 bits per heavy atom. The molecule has 0 saturated carbocycles. The highest BCUT2D eigenvalue weighted by Gasteiger charge is 2.13. The van der Waals surface area contributed by atoms with E-state index in [1.165, 1.54) is 47.8 Å². The zero-order valence-corrected chi connectivity index (χ0v) is 18.0. The monoisotopic (exact) mass is 431 g/mol. The molecule has 10 heteroatoms. The van der Waals surface area contributed by atoms with E-state index in [1.54, 1.807) is 24.3 Å². The quantitative estimate of drug-likeness (QED) is 0.434. The number of methoxy groups -OCH3 is 5. The summed E-state index contributed by atoms with van der Waals surface area (Å²) in [6, 6.07) is 8.00. The van der Waals surface area contributed by atoms with Gasteiger partial charge < -0.3 is 29.0 Å². The van der Waals surface area contributed by atoms with Crippen molar-refractivity contribution in [3.8, 4) is 28.7 Å². The molecular weight excluding hydrogens is 406 g/mol. The van der Waals surface area contributed by atoms with Crippen molar-refractivity contribution in [3.63, 3.8) is 0 Å². The SMILES string of the molecule is COc1cc(OC)c(OC)cc1/C=N\NC(=O)CNC(=O)c1ccc(OC)c(OC)c1. The van der Waals surface area contributed by atoms with Gasteiger partial charge in [-0.25, -0.2) is 5.43 Å². The average Bonchev–Trinajstić information content (AvgIpc) is 2.81. The lowest BCUT2D eigenvalue weighted by atomic mass is 10.2. The molecule has 0 aliphatic heterocycles. The summed E-state index contributed by atoms with van der Waals surface area (Å²) >= 11 is 0. The van der Waals surface area contributed by atoms with E-state index in [1.807, 2.05) is 0 Å². The maximum absolute atomic E-state index is 12.3. The van der Waals surface area contributed by atoms with Crippen molar-refractivity contribution in [3.05, 3.63) is 41.5 Å². The summed E-state index contributed by atoms with van der Waals surface area (Å²) in [7, 11) is 7.50. The molecule has 0 aromatic heterocycles. The Hall–Kier alpha value is -3.95. The van der Waals surface area contributed by atoms with Gasteiger partial charge in [0.1, 0.15) is 5.75 Å². The van der Waals surface area contributed by atoms with Crippen LogP contribution in [0.1, 0.15) is 15.9 Å². The van der Waals surface area contributed by atoms with Crippen LogP contribution < -0.4 is 34.4 Å². The Morgan fingerprint density at radius 2 is 1.39 bits per heavy atom. The second kappa shape index (κ2) is 11.3. The normalized spacial score (nSPS) is 10.4. The van der Waals surface area contributed by atoms with Crippen LogP contribution in [0.25, 0.3) is 0 Å². The Bertz CT molecular complexity index is 960. The van der Waals surface area contributed by atoms with Crippen LogP contribution >= 0.6 is 0 Å². The number of benzene rings is 2. The molecule has 166 valence electrons. The van der Waals surface area contributed by atoms with E-state index in [0.29, 0.717) is 39.9 Å². The van der Waals surface area contributed by atoms with Crippen molar-refractivity contribution >= 4 is 18.0 Å². The molecule has 0 saturated heterocycles. The Labute approximate surface area is 180 Å². The van der Waals surface area contributed by atoms with Crippen LogP contribution in [0.2, 0.25) is 0 Å². The molecule has 0 aliphatic rings. The molecule has 2 aromatic carbocycles. The second-order valence-corrected chi connectivity index (χ2v) is 5.99. The number of hydrogen-bond donors (Lipinski definition) is 2. The molecule has 2 amide bonds. The largest absolute Gasteiger partial charge is 0.496 e. The maximum Gasteiger partial charge on any atom is 0.259 e. The van der Waals surface area contributed by atoms with Crippen molar-refractivity contribution in [1.29, 1.82) is 0 Å². The molecule has 2 aromatic rings. The van der Waals surface area contributed by atoms with Crippen molar-refractivity contribution in [2.45, 2.75) is 0 Å². The van der Waals surface area contributed by atoms with Crippen LogP contribution in [0, 0.1) is 0 Å². The molecule has 31 heavy (non-hydrogen) atoms. The number of ether oxygens (including phenoxy) is 5. The van der Waals surface area contributed by atoms with Gasteiger partial charge in [-0.2, -0.15) is 5.10 Å². The molecule has 10 nitrogen and oxygen atoms in total. The first-order chi connectivity index (χ1) is 15.0. The lowest BCUT2D eigenvalue weighted by molar-refractivity contribution is -0.120. The van der Waals surface area contributed by atoms with Gasteiger partial charge in [-0.15, -0.1) is 0 Å². The van der Waals surface area contributed by atoms with Gasteiger partial charge in [-0.3, -0.25) is 9.59 Å². The molecular formula is C21H25N3O7. The van der Waals surface area contributed by atoms with Gasteiger partial charge >= 0.3 is 0 Å². The van der Waals surface area contributed by atoms with Gasteiger partial charge in [0, 0.05) is 17.2 Å². The first-order valence-electron chi connectivity index (χ1n) is 9.09. The van der Waals surface area contributed by atoms with E-state index in [4.69, 9.17) is 23.7 Å². The average molecular weight is 431 g/mol. The summed E-state index contributed by atoms with van der Waals surface area (Å²) < 4.78 is 26.1. The number of carbonyl (C=O) groups excluding carboxylic acids is 2. The third-order valence-corrected chi connectivity index (χ3v) is 4.18. The highest BCUT2D eigenvalue weighted by Crippen LogP contribution is 2.33. The molecule has 0 unspecified atom stereocenters. The Balaban J connectivity index is 1.96. The molecule has 0 atom stereocenters. The van der Waals surface area contributed by atoms with E-state index in [0.717, 1.165) is 0 Å². The summed E-state index contributed by atoms with van der Waals surface area (Å²) in [6.45, 7) is -0.270. The molecule has 0 spiro atoms. The minimum Gasteiger partial charge on any atom is -0.496 e. The lowest BCUT2D eigenvalue weighted by Crippen LogP contribution is -2.34. The molecule has 2 N–H and O–H groups in total. The van der Waals surface area contributed by atoms with Crippen LogP contribution in [0.5, 0.6) is 28.7 Å². The van der Waals surface area contributed by atoms with E-state index in [-0.39, 0.29) is 6.54 Å². The van der Waals surface area contributed by atoms with E-state index < -0.39 is 11.8 Å². The zero-order chi connectivity index (χ0) is 22.8. The number of rotatable bonds is 10. The number of hydrazone groups is 1. The van der Waals surface area contributed by atoms with Gasteiger partial charge in [0.05, 0.1) is 48.3 Å². The van der Waals surface area contributed by atoms with Crippen molar-refractivity contribution < 1.29 is 33.3 Å². The predicted molar refractivity (Wildman–Crippen MR) is 114 cm³/mol. The van der Waals surface area contributed by atoms with E-state index in [2.05, 4.69) is 15.8 Å². The fraction of sp³-hybridized carbons (Fsp3) is 0.286. The second-order valence-electron chi connectivity index (χ2n) is 5.99. The fourth-order valence-corrected chi connectivity index (χ4v) is 2.61. The third-order valence-electron chi connectivity index (χ3n) is 4.18. The first kappa shape index (κ1) is 23.3. The maximum atomic E-state index is 12.3. The Kier molecular flexibility index (Phi) is 8.50. The zero-order valence-electron chi connectivity index (χ0n) is 18.0. The summed E-state index contributed by atoms with van der Waals surface area (Å²) in [5.74, 6) is 1.42. The number of hydrogen-bond acceptors (Lipinski definition) is 8. The number of amides is 2. The molecule has 0 heterocycles.